The summed E-state index contributed by atoms with van der Waals surface area (Å²) in [5.74, 6) is 0. The predicted molar refractivity (Wildman–Crippen MR) is 70.6 cm³/mol. The van der Waals surface area contributed by atoms with Crippen molar-refractivity contribution < 1.29 is 4.79 Å². The molecule has 19 heavy (non-hydrogen) atoms. The van der Waals surface area contributed by atoms with Crippen molar-refractivity contribution in [2.24, 2.45) is 0 Å². The first kappa shape index (κ1) is 13.6. The zero-order valence-electron chi connectivity index (χ0n) is 11.4. The zero-order valence-corrected chi connectivity index (χ0v) is 11.4. The van der Waals surface area contributed by atoms with Gasteiger partial charge in [0.25, 0.3) is 0 Å². The van der Waals surface area contributed by atoms with Crippen LogP contribution >= 0.6 is 0 Å². The Bertz CT molecular complexity index is 481. The molecule has 1 aromatic heterocycles. The molecule has 0 aliphatic carbocycles. The van der Waals surface area contributed by atoms with E-state index in [1.165, 1.54) is 4.57 Å². The van der Waals surface area contributed by atoms with Crippen molar-refractivity contribution in [3.05, 3.63) is 18.2 Å². The first-order chi connectivity index (χ1) is 9.11. The minimum absolute atomic E-state index is 0.0423. The molecule has 0 spiro atoms. The first-order valence-corrected chi connectivity index (χ1v) is 6.49. The Kier molecular flexibility index (Phi) is 4.17. The highest BCUT2D eigenvalue weighted by Crippen LogP contribution is 2.16. The van der Waals surface area contributed by atoms with Crippen LogP contribution in [-0.4, -0.2) is 58.1 Å². The standard InChI is InChI=1S/C13H19N5O/c1-11-9-18(10-15-11)13(19)16(2)12-3-6-17(7-4-12)8-5-14/h9-10,12H,3-4,6-8H2,1-2H3. The maximum atomic E-state index is 12.2. The van der Waals surface area contributed by atoms with E-state index in [0.717, 1.165) is 31.6 Å². The molecule has 6 nitrogen and oxygen atoms in total. The molecule has 0 radical (unpaired) electrons. The highest BCUT2D eigenvalue weighted by Gasteiger charge is 2.25. The summed E-state index contributed by atoms with van der Waals surface area (Å²) in [6.07, 6.45) is 5.12. The third-order valence-corrected chi connectivity index (χ3v) is 3.63. The third kappa shape index (κ3) is 3.12. The average molecular weight is 261 g/mol. The second kappa shape index (κ2) is 5.85. The Morgan fingerprint density at radius 3 is 2.79 bits per heavy atom. The minimum atomic E-state index is -0.0423. The molecule has 1 saturated heterocycles. The summed E-state index contributed by atoms with van der Waals surface area (Å²) in [7, 11) is 1.84. The van der Waals surface area contributed by atoms with Crippen LogP contribution in [0.15, 0.2) is 12.5 Å². The Hall–Kier alpha value is -1.87. The van der Waals surface area contributed by atoms with Gasteiger partial charge in [0.05, 0.1) is 18.3 Å². The molecule has 1 amide bonds. The van der Waals surface area contributed by atoms with Crippen molar-refractivity contribution in [3.8, 4) is 6.07 Å². The van der Waals surface area contributed by atoms with Crippen LogP contribution in [0.3, 0.4) is 0 Å². The van der Waals surface area contributed by atoms with Crippen LogP contribution < -0.4 is 0 Å². The van der Waals surface area contributed by atoms with Crippen molar-refractivity contribution in [2.75, 3.05) is 26.7 Å². The summed E-state index contributed by atoms with van der Waals surface area (Å²) in [6.45, 7) is 4.09. The maximum absolute atomic E-state index is 12.2. The molecule has 1 fully saturated rings. The van der Waals surface area contributed by atoms with E-state index in [2.05, 4.69) is 16.0 Å². The van der Waals surface area contributed by atoms with Gasteiger partial charge in [-0.2, -0.15) is 5.26 Å². The molecule has 1 aliphatic heterocycles. The SMILES string of the molecule is Cc1cn(C(=O)N(C)C2CCN(CC#N)CC2)cn1. The molecular formula is C13H19N5O. The van der Waals surface area contributed by atoms with Crippen LogP contribution in [-0.2, 0) is 0 Å². The van der Waals surface area contributed by atoms with Crippen LogP contribution in [0, 0.1) is 18.3 Å². The number of hydrogen-bond donors (Lipinski definition) is 0. The number of imidazole rings is 1. The highest BCUT2D eigenvalue weighted by atomic mass is 16.2. The molecule has 2 heterocycles. The molecule has 6 heteroatoms. The zero-order chi connectivity index (χ0) is 13.8. The van der Waals surface area contributed by atoms with E-state index in [0.29, 0.717) is 6.54 Å². The van der Waals surface area contributed by atoms with E-state index in [4.69, 9.17) is 5.26 Å². The largest absolute Gasteiger partial charge is 0.329 e. The second-order valence-corrected chi connectivity index (χ2v) is 4.98. The van der Waals surface area contributed by atoms with Crippen LogP contribution in [0.2, 0.25) is 0 Å². The number of likely N-dealkylation sites (tertiary alicyclic amines) is 1. The lowest BCUT2D eigenvalue weighted by Gasteiger charge is -2.35. The Morgan fingerprint density at radius 2 is 2.26 bits per heavy atom. The molecule has 1 aliphatic rings. The van der Waals surface area contributed by atoms with Crippen LogP contribution in [0.1, 0.15) is 18.5 Å². The molecular weight excluding hydrogens is 242 g/mol. The van der Waals surface area contributed by atoms with Crippen molar-refractivity contribution in [1.29, 1.82) is 5.26 Å². The molecule has 102 valence electrons. The van der Waals surface area contributed by atoms with Crippen LogP contribution in [0.5, 0.6) is 0 Å². The van der Waals surface area contributed by atoms with Gasteiger partial charge in [-0.1, -0.05) is 0 Å². The summed E-state index contributed by atoms with van der Waals surface area (Å²) < 4.78 is 1.52. The van der Waals surface area contributed by atoms with E-state index >= 15 is 0 Å². The van der Waals surface area contributed by atoms with Crippen LogP contribution in [0.25, 0.3) is 0 Å². The second-order valence-electron chi connectivity index (χ2n) is 4.98. The number of amides is 1. The van der Waals surface area contributed by atoms with Crippen molar-refractivity contribution in [3.63, 3.8) is 0 Å². The van der Waals surface area contributed by atoms with Gasteiger partial charge >= 0.3 is 6.03 Å². The Balaban J connectivity index is 1.92. The number of piperidine rings is 1. The maximum Gasteiger partial charge on any atom is 0.329 e. The number of aromatic nitrogens is 2. The molecule has 0 aromatic carbocycles. The molecule has 2 rings (SSSR count). The van der Waals surface area contributed by atoms with E-state index in [9.17, 15) is 4.79 Å². The van der Waals surface area contributed by atoms with Gasteiger partial charge in [-0.15, -0.1) is 0 Å². The topological polar surface area (TPSA) is 65.2 Å². The van der Waals surface area contributed by atoms with Crippen molar-refractivity contribution >= 4 is 6.03 Å². The molecule has 0 saturated carbocycles. The predicted octanol–water partition coefficient (Wildman–Crippen LogP) is 1.08. The highest BCUT2D eigenvalue weighted by molar-refractivity contribution is 5.76. The summed E-state index contributed by atoms with van der Waals surface area (Å²) >= 11 is 0. The minimum Gasteiger partial charge on any atom is -0.324 e. The smallest absolute Gasteiger partial charge is 0.324 e. The number of hydrogen-bond acceptors (Lipinski definition) is 4. The van der Waals surface area contributed by atoms with Gasteiger partial charge in [0, 0.05) is 32.4 Å². The molecule has 0 atom stereocenters. The van der Waals surface area contributed by atoms with Gasteiger partial charge in [-0.25, -0.2) is 9.78 Å². The summed E-state index contributed by atoms with van der Waals surface area (Å²) in [6, 6.07) is 2.36. The fourth-order valence-corrected chi connectivity index (χ4v) is 2.43. The third-order valence-electron chi connectivity index (χ3n) is 3.63. The summed E-state index contributed by atoms with van der Waals surface area (Å²) in [5.41, 5.74) is 0.839. The molecule has 0 N–H and O–H groups in total. The lowest BCUT2D eigenvalue weighted by atomic mass is 10.0. The van der Waals surface area contributed by atoms with Crippen molar-refractivity contribution in [1.82, 2.24) is 19.4 Å². The quantitative estimate of drug-likeness (QED) is 0.747. The number of rotatable bonds is 2. The van der Waals surface area contributed by atoms with E-state index < -0.39 is 0 Å². The van der Waals surface area contributed by atoms with Crippen LogP contribution in [0.4, 0.5) is 4.79 Å². The van der Waals surface area contributed by atoms with Gasteiger partial charge in [-0.3, -0.25) is 9.47 Å². The Labute approximate surface area is 113 Å². The molecule has 1 aromatic rings. The number of aryl methyl sites for hydroxylation is 1. The lowest BCUT2D eigenvalue weighted by Crippen LogP contribution is -2.46. The van der Waals surface area contributed by atoms with Gasteiger partial charge < -0.3 is 4.90 Å². The summed E-state index contributed by atoms with van der Waals surface area (Å²) in [5, 5.41) is 8.67. The van der Waals surface area contributed by atoms with Gasteiger partial charge in [0.2, 0.25) is 0 Å². The number of nitrogens with zero attached hydrogens (tertiary/aromatic N) is 5. The van der Waals surface area contributed by atoms with E-state index in [1.807, 2.05) is 14.0 Å². The van der Waals surface area contributed by atoms with E-state index in [1.54, 1.807) is 17.4 Å². The van der Waals surface area contributed by atoms with Gasteiger partial charge in [0.1, 0.15) is 6.33 Å². The normalized spacial score (nSPS) is 17.1. The fourth-order valence-electron chi connectivity index (χ4n) is 2.43. The van der Waals surface area contributed by atoms with Gasteiger partial charge in [0.15, 0.2) is 0 Å². The Morgan fingerprint density at radius 1 is 1.58 bits per heavy atom. The molecule has 0 unspecified atom stereocenters. The number of carbonyl (C=O) groups is 1. The van der Waals surface area contributed by atoms with Crippen molar-refractivity contribution in [2.45, 2.75) is 25.8 Å². The number of nitriles is 1. The van der Waals surface area contributed by atoms with Gasteiger partial charge in [-0.05, 0) is 19.8 Å². The van der Waals surface area contributed by atoms with E-state index in [-0.39, 0.29) is 12.1 Å². The lowest BCUT2D eigenvalue weighted by molar-refractivity contribution is 0.143. The average Bonchev–Trinajstić information content (AvgIpc) is 2.85. The monoisotopic (exact) mass is 261 g/mol. The molecule has 0 bridgehead atoms. The first-order valence-electron chi connectivity index (χ1n) is 6.49. The fraction of sp³-hybridized carbons (Fsp3) is 0.615. The summed E-state index contributed by atoms with van der Waals surface area (Å²) in [4.78, 5) is 20.2. The number of carbonyl (C=O) groups excluding carboxylic acids is 1.